The zero-order valence-electron chi connectivity index (χ0n) is 12.0. The van der Waals surface area contributed by atoms with E-state index in [-0.39, 0.29) is 0 Å². The first kappa shape index (κ1) is 15.3. The van der Waals surface area contributed by atoms with Crippen molar-refractivity contribution < 1.29 is 13.2 Å². The number of benzene rings is 1. The van der Waals surface area contributed by atoms with E-state index in [2.05, 4.69) is 5.32 Å². The molecule has 0 unspecified atom stereocenters. The quantitative estimate of drug-likeness (QED) is 0.711. The third-order valence-electron chi connectivity index (χ3n) is 3.33. The Morgan fingerprint density at radius 1 is 1.25 bits per heavy atom. The fourth-order valence-electron chi connectivity index (χ4n) is 1.98. The summed E-state index contributed by atoms with van der Waals surface area (Å²) in [5, 5.41) is 3.48. The molecule has 20 heavy (non-hydrogen) atoms. The lowest BCUT2D eigenvalue weighted by molar-refractivity contribution is 0.304. The molecule has 0 spiro atoms. The molecule has 1 aliphatic rings. The summed E-state index contributed by atoms with van der Waals surface area (Å²) >= 11 is 0. The van der Waals surface area contributed by atoms with Crippen molar-refractivity contribution >= 4 is 9.84 Å². The van der Waals surface area contributed by atoms with E-state index in [0.717, 1.165) is 25.4 Å². The Balaban J connectivity index is 1.63. The van der Waals surface area contributed by atoms with E-state index in [0.29, 0.717) is 17.3 Å². The van der Waals surface area contributed by atoms with Gasteiger partial charge in [0, 0.05) is 12.3 Å². The second-order valence-corrected chi connectivity index (χ2v) is 7.40. The molecular formula is C15H23NO3S. The van der Waals surface area contributed by atoms with E-state index in [1.54, 1.807) is 24.3 Å². The van der Waals surface area contributed by atoms with Crippen LogP contribution in [0.4, 0.5) is 0 Å². The summed E-state index contributed by atoms with van der Waals surface area (Å²) in [4.78, 5) is 0.309. The van der Waals surface area contributed by atoms with Gasteiger partial charge >= 0.3 is 0 Å². The second kappa shape index (κ2) is 7.09. The van der Waals surface area contributed by atoms with Crippen LogP contribution in [0.25, 0.3) is 0 Å². The van der Waals surface area contributed by atoms with E-state index in [1.807, 2.05) is 0 Å². The van der Waals surface area contributed by atoms with Crippen molar-refractivity contribution in [3.05, 3.63) is 24.3 Å². The van der Waals surface area contributed by atoms with Crippen molar-refractivity contribution in [2.24, 2.45) is 0 Å². The summed E-state index contributed by atoms with van der Waals surface area (Å²) in [7, 11) is -3.16. The van der Waals surface area contributed by atoms with Gasteiger partial charge in [0.05, 0.1) is 11.5 Å². The predicted molar refractivity (Wildman–Crippen MR) is 79.9 cm³/mol. The molecule has 0 atom stereocenters. The van der Waals surface area contributed by atoms with Gasteiger partial charge in [0.2, 0.25) is 0 Å². The Morgan fingerprint density at radius 2 is 2.05 bits per heavy atom. The Kier molecular flexibility index (Phi) is 5.43. The number of hydrogen-bond acceptors (Lipinski definition) is 4. The number of nitrogens with one attached hydrogen (secondary N) is 1. The molecule has 0 heterocycles. The SMILES string of the molecule is CS(=O)(=O)c1cccc(OCCCCCNC2CC2)c1. The average molecular weight is 297 g/mol. The number of sulfone groups is 1. The summed E-state index contributed by atoms with van der Waals surface area (Å²) in [6.45, 7) is 1.73. The van der Waals surface area contributed by atoms with E-state index in [9.17, 15) is 8.42 Å². The van der Waals surface area contributed by atoms with Crippen molar-refractivity contribution in [3.63, 3.8) is 0 Å². The highest BCUT2D eigenvalue weighted by atomic mass is 32.2. The molecule has 0 bridgehead atoms. The summed E-state index contributed by atoms with van der Waals surface area (Å²) in [6, 6.07) is 7.47. The minimum Gasteiger partial charge on any atom is -0.494 e. The highest BCUT2D eigenvalue weighted by Gasteiger charge is 2.19. The molecule has 0 radical (unpaired) electrons. The molecule has 5 heteroatoms. The van der Waals surface area contributed by atoms with Gasteiger partial charge in [-0.25, -0.2) is 8.42 Å². The van der Waals surface area contributed by atoms with Crippen LogP contribution in [0.2, 0.25) is 0 Å². The second-order valence-electron chi connectivity index (χ2n) is 5.38. The third kappa shape index (κ3) is 5.51. The lowest BCUT2D eigenvalue weighted by Crippen LogP contribution is -2.17. The maximum absolute atomic E-state index is 11.4. The fourth-order valence-corrected chi connectivity index (χ4v) is 2.64. The van der Waals surface area contributed by atoms with Gasteiger partial charge < -0.3 is 10.1 Å². The van der Waals surface area contributed by atoms with Crippen LogP contribution in [0.5, 0.6) is 5.75 Å². The molecular weight excluding hydrogens is 274 g/mol. The Hall–Kier alpha value is -1.07. The Bertz CT molecular complexity index is 524. The molecule has 2 rings (SSSR count). The molecule has 112 valence electrons. The van der Waals surface area contributed by atoms with Crippen molar-refractivity contribution in [1.82, 2.24) is 5.32 Å². The summed E-state index contributed by atoms with van der Waals surface area (Å²) < 4.78 is 28.5. The van der Waals surface area contributed by atoms with Gasteiger partial charge in [0.25, 0.3) is 0 Å². The minimum absolute atomic E-state index is 0.309. The minimum atomic E-state index is -3.16. The molecule has 0 aromatic heterocycles. The van der Waals surface area contributed by atoms with Crippen molar-refractivity contribution in [3.8, 4) is 5.75 Å². The molecule has 1 aromatic carbocycles. The predicted octanol–water partition coefficient (Wildman–Crippen LogP) is 2.39. The topological polar surface area (TPSA) is 55.4 Å². The Labute approximate surface area is 121 Å². The first-order valence-corrected chi connectivity index (χ1v) is 9.11. The van der Waals surface area contributed by atoms with Crippen molar-refractivity contribution in [2.45, 2.75) is 43.0 Å². The molecule has 1 N–H and O–H groups in total. The molecule has 1 aliphatic carbocycles. The summed E-state index contributed by atoms with van der Waals surface area (Å²) in [5.74, 6) is 0.629. The van der Waals surface area contributed by atoms with Gasteiger partial charge in [0.15, 0.2) is 9.84 Å². The van der Waals surface area contributed by atoms with Crippen LogP contribution >= 0.6 is 0 Å². The number of rotatable bonds is 9. The summed E-state index contributed by atoms with van der Waals surface area (Å²) in [5.41, 5.74) is 0. The molecule has 1 fully saturated rings. The smallest absolute Gasteiger partial charge is 0.175 e. The van der Waals surface area contributed by atoms with Gasteiger partial charge in [-0.1, -0.05) is 6.07 Å². The van der Waals surface area contributed by atoms with E-state index in [1.165, 1.54) is 25.5 Å². The van der Waals surface area contributed by atoms with Crippen LogP contribution in [-0.4, -0.2) is 33.9 Å². The van der Waals surface area contributed by atoms with Crippen LogP contribution in [0.15, 0.2) is 29.2 Å². The molecule has 0 amide bonds. The zero-order valence-corrected chi connectivity index (χ0v) is 12.8. The normalized spacial score (nSPS) is 15.2. The first-order chi connectivity index (χ1) is 9.55. The van der Waals surface area contributed by atoms with Gasteiger partial charge in [0.1, 0.15) is 5.75 Å². The highest BCUT2D eigenvalue weighted by Crippen LogP contribution is 2.19. The lowest BCUT2D eigenvalue weighted by Gasteiger charge is -2.07. The zero-order chi connectivity index (χ0) is 14.4. The van der Waals surface area contributed by atoms with Crippen LogP contribution in [0.3, 0.4) is 0 Å². The van der Waals surface area contributed by atoms with Gasteiger partial charge in [-0.3, -0.25) is 0 Å². The van der Waals surface area contributed by atoms with Gasteiger partial charge in [-0.2, -0.15) is 0 Å². The molecule has 0 saturated heterocycles. The molecule has 0 aliphatic heterocycles. The van der Waals surface area contributed by atoms with Crippen LogP contribution < -0.4 is 10.1 Å². The van der Waals surface area contributed by atoms with Gasteiger partial charge in [-0.05, 0) is 56.8 Å². The summed E-state index contributed by atoms with van der Waals surface area (Å²) in [6.07, 6.45) is 7.17. The number of unbranched alkanes of at least 4 members (excludes halogenated alkanes) is 2. The van der Waals surface area contributed by atoms with E-state index in [4.69, 9.17) is 4.74 Å². The molecule has 1 saturated carbocycles. The molecule has 4 nitrogen and oxygen atoms in total. The van der Waals surface area contributed by atoms with E-state index >= 15 is 0 Å². The van der Waals surface area contributed by atoms with Crippen molar-refractivity contribution in [2.75, 3.05) is 19.4 Å². The Morgan fingerprint density at radius 3 is 2.75 bits per heavy atom. The number of ether oxygens (including phenoxy) is 1. The number of hydrogen-bond donors (Lipinski definition) is 1. The standard InChI is InChI=1S/C15H23NO3S/c1-20(17,18)15-7-5-6-14(12-15)19-11-4-2-3-10-16-13-8-9-13/h5-7,12-13,16H,2-4,8-11H2,1H3. The maximum Gasteiger partial charge on any atom is 0.175 e. The van der Waals surface area contributed by atoms with Crippen LogP contribution in [0, 0.1) is 0 Å². The van der Waals surface area contributed by atoms with Crippen LogP contribution in [-0.2, 0) is 9.84 Å². The van der Waals surface area contributed by atoms with Crippen LogP contribution in [0.1, 0.15) is 32.1 Å². The third-order valence-corrected chi connectivity index (χ3v) is 4.44. The lowest BCUT2D eigenvalue weighted by atomic mass is 10.2. The monoisotopic (exact) mass is 297 g/mol. The fraction of sp³-hybridized carbons (Fsp3) is 0.600. The maximum atomic E-state index is 11.4. The first-order valence-electron chi connectivity index (χ1n) is 7.22. The highest BCUT2D eigenvalue weighted by molar-refractivity contribution is 7.90. The van der Waals surface area contributed by atoms with Crippen molar-refractivity contribution in [1.29, 1.82) is 0 Å². The van der Waals surface area contributed by atoms with Gasteiger partial charge in [-0.15, -0.1) is 0 Å². The average Bonchev–Trinajstić information content (AvgIpc) is 3.21. The molecule has 1 aromatic rings. The largest absolute Gasteiger partial charge is 0.494 e. The van der Waals surface area contributed by atoms with E-state index < -0.39 is 9.84 Å².